The fourth-order valence-corrected chi connectivity index (χ4v) is 3.76. The molecule has 0 atom stereocenters. The van der Waals surface area contributed by atoms with E-state index in [0.29, 0.717) is 4.88 Å². The fraction of sp³-hybridized carbons (Fsp3) is 0.250. The second kappa shape index (κ2) is 7.57. The summed E-state index contributed by atoms with van der Waals surface area (Å²) in [5.41, 5.74) is 5.11. The van der Waals surface area contributed by atoms with Gasteiger partial charge in [-0.1, -0.05) is 6.07 Å². The number of anilines is 1. The van der Waals surface area contributed by atoms with Gasteiger partial charge in [-0.05, 0) is 68.1 Å². The van der Waals surface area contributed by atoms with Crippen LogP contribution in [-0.2, 0) is 12.8 Å². The van der Waals surface area contributed by atoms with Gasteiger partial charge < -0.3 is 5.32 Å². The van der Waals surface area contributed by atoms with E-state index in [-0.39, 0.29) is 5.91 Å². The van der Waals surface area contributed by atoms with Gasteiger partial charge >= 0.3 is 0 Å². The molecule has 0 bridgehead atoms. The van der Waals surface area contributed by atoms with Crippen molar-refractivity contribution in [2.24, 2.45) is 0 Å². The first kappa shape index (κ1) is 17.3. The molecule has 0 unspecified atom stereocenters. The van der Waals surface area contributed by atoms with Crippen LogP contribution in [-0.4, -0.2) is 15.9 Å². The van der Waals surface area contributed by atoms with Crippen molar-refractivity contribution < 1.29 is 4.79 Å². The highest BCUT2D eigenvalue weighted by Gasteiger charge is 2.15. The third-order valence-corrected chi connectivity index (χ3v) is 5.12. The Bertz CT molecular complexity index is 867. The number of aromatic nitrogens is 2. The van der Waals surface area contributed by atoms with Crippen LogP contribution < -0.4 is 5.32 Å². The number of amides is 1. The van der Waals surface area contributed by atoms with Crippen LogP contribution in [0, 0.1) is 20.8 Å². The maximum atomic E-state index is 12.6. The van der Waals surface area contributed by atoms with Crippen LogP contribution in [0.15, 0.2) is 42.7 Å². The van der Waals surface area contributed by atoms with Gasteiger partial charge in [0.1, 0.15) is 4.88 Å². The van der Waals surface area contributed by atoms with Crippen molar-refractivity contribution in [3.8, 4) is 0 Å². The van der Waals surface area contributed by atoms with Crippen molar-refractivity contribution in [3.63, 3.8) is 0 Å². The summed E-state index contributed by atoms with van der Waals surface area (Å²) in [7, 11) is 0. The summed E-state index contributed by atoms with van der Waals surface area (Å²) in [4.78, 5) is 21.9. The molecule has 2 heterocycles. The predicted molar refractivity (Wildman–Crippen MR) is 102 cm³/mol. The van der Waals surface area contributed by atoms with Gasteiger partial charge in [-0.2, -0.15) is 0 Å². The molecule has 128 valence electrons. The molecule has 4 nitrogen and oxygen atoms in total. The van der Waals surface area contributed by atoms with E-state index in [2.05, 4.69) is 21.4 Å². The van der Waals surface area contributed by atoms with Crippen molar-refractivity contribution in [2.75, 3.05) is 5.32 Å². The Morgan fingerprint density at radius 1 is 1.04 bits per heavy atom. The standard InChI is InChI=1S/C20H21N3OS/c1-13-10-14(2)12-17(11-13)23-20(24)19-15(3)22-18(25-19)5-4-16-6-8-21-9-7-16/h6-12H,4-5H2,1-3H3,(H,23,24). The molecule has 1 N–H and O–H groups in total. The third-order valence-electron chi connectivity index (χ3n) is 3.90. The number of carbonyl (C=O) groups is 1. The number of hydrogen-bond donors (Lipinski definition) is 1. The minimum atomic E-state index is -0.0878. The van der Waals surface area contributed by atoms with Gasteiger partial charge in [-0.3, -0.25) is 9.78 Å². The summed E-state index contributed by atoms with van der Waals surface area (Å²) < 4.78 is 0. The molecule has 25 heavy (non-hydrogen) atoms. The SMILES string of the molecule is Cc1cc(C)cc(NC(=O)c2sc(CCc3ccncc3)nc2C)c1. The molecule has 3 rings (SSSR count). The number of rotatable bonds is 5. The lowest BCUT2D eigenvalue weighted by molar-refractivity contribution is 0.103. The van der Waals surface area contributed by atoms with Crippen molar-refractivity contribution >= 4 is 22.9 Å². The number of nitrogens with zero attached hydrogens (tertiary/aromatic N) is 2. The van der Waals surface area contributed by atoms with Crippen LogP contribution >= 0.6 is 11.3 Å². The van der Waals surface area contributed by atoms with Crippen LogP contribution in [0.4, 0.5) is 5.69 Å². The van der Waals surface area contributed by atoms with E-state index in [9.17, 15) is 4.79 Å². The van der Waals surface area contributed by atoms with E-state index in [1.165, 1.54) is 16.9 Å². The Morgan fingerprint density at radius 3 is 2.40 bits per heavy atom. The molecule has 0 spiro atoms. The molecule has 0 fully saturated rings. The van der Waals surface area contributed by atoms with Gasteiger partial charge in [0.15, 0.2) is 0 Å². The largest absolute Gasteiger partial charge is 0.321 e. The highest BCUT2D eigenvalue weighted by Crippen LogP contribution is 2.22. The Labute approximate surface area is 152 Å². The fourth-order valence-electron chi connectivity index (χ4n) is 2.81. The zero-order valence-corrected chi connectivity index (χ0v) is 15.5. The summed E-state index contributed by atoms with van der Waals surface area (Å²) >= 11 is 1.48. The smallest absolute Gasteiger partial charge is 0.267 e. The van der Waals surface area contributed by atoms with Gasteiger partial charge in [-0.15, -0.1) is 11.3 Å². The molecule has 0 aliphatic rings. The monoisotopic (exact) mass is 351 g/mol. The highest BCUT2D eigenvalue weighted by molar-refractivity contribution is 7.13. The highest BCUT2D eigenvalue weighted by atomic mass is 32.1. The second-order valence-corrected chi connectivity index (χ2v) is 7.29. The molecule has 0 aliphatic carbocycles. The van der Waals surface area contributed by atoms with E-state index in [0.717, 1.165) is 40.4 Å². The van der Waals surface area contributed by atoms with E-state index < -0.39 is 0 Å². The summed E-state index contributed by atoms with van der Waals surface area (Å²) in [5.74, 6) is -0.0878. The average molecular weight is 351 g/mol. The molecular weight excluding hydrogens is 330 g/mol. The topological polar surface area (TPSA) is 54.9 Å². The molecule has 0 radical (unpaired) electrons. The molecular formula is C20H21N3OS. The van der Waals surface area contributed by atoms with Crippen LogP contribution in [0.25, 0.3) is 0 Å². The number of pyridine rings is 1. The van der Waals surface area contributed by atoms with Gasteiger partial charge in [-0.25, -0.2) is 4.98 Å². The molecule has 0 saturated heterocycles. The van der Waals surface area contributed by atoms with Crippen LogP contribution in [0.3, 0.4) is 0 Å². The number of carbonyl (C=O) groups excluding carboxylic acids is 1. The first-order valence-corrected chi connectivity index (χ1v) is 9.08. The number of aryl methyl sites for hydroxylation is 5. The minimum Gasteiger partial charge on any atom is -0.321 e. The van der Waals surface area contributed by atoms with Crippen LogP contribution in [0.5, 0.6) is 0 Å². The second-order valence-electron chi connectivity index (χ2n) is 6.21. The number of benzene rings is 1. The minimum absolute atomic E-state index is 0.0878. The number of nitrogens with one attached hydrogen (secondary N) is 1. The van der Waals surface area contributed by atoms with Gasteiger partial charge in [0.05, 0.1) is 10.7 Å². The van der Waals surface area contributed by atoms with Crippen LogP contribution in [0.2, 0.25) is 0 Å². The zero-order valence-electron chi connectivity index (χ0n) is 14.7. The van der Waals surface area contributed by atoms with Gasteiger partial charge in [0, 0.05) is 24.5 Å². The van der Waals surface area contributed by atoms with Crippen molar-refractivity contribution in [2.45, 2.75) is 33.6 Å². The maximum absolute atomic E-state index is 12.6. The van der Waals surface area contributed by atoms with E-state index >= 15 is 0 Å². The van der Waals surface area contributed by atoms with Crippen molar-refractivity contribution in [1.29, 1.82) is 0 Å². The normalized spacial score (nSPS) is 10.7. The predicted octanol–water partition coefficient (Wildman–Crippen LogP) is 4.50. The lowest BCUT2D eigenvalue weighted by Crippen LogP contribution is -2.11. The van der Waals surface area contributed by atoms with Gasteiger partial charge in [0.25, 0.3) is 5.91 Å². The number of hydrogen-bond acceptors (Lipinski definition) is 4. The summed E-state index contributed by atoms with van der Waals surface area (Å²) in [6.07, 6.45) is 5.32. The Morgan fingerprint density at radius 2 is 1.72 bits per heavy atom. The Balaban J connectivity index is 1.69. The Kier molecular flexibility index (Phi) is 5.24. The molecule has 5 heteroatoms. The first-order valence-electron chi connectivity index (χ1n) is 8.26. The summed E-state index contributed by atoms with van der Waals surface area (Å²) in [6, 6.07) is 10.1. The first-order chi connectivity index (χ1) is 12.0. The Hall–Kier alpha value is -2.53. The van der Waals surface area contributed by atoms with Crippen molar-refractivity contribution in [1.82, 2.24) is 9.97 Å². The number of thiazole rings is 1. The third kappa shape index (κ3) is 4.51. The van der Waals surface area contributed by atoms with E-state index in [1.54, 1.807) is 12.4 Å². The van der Waals surface area contributed by atoms with Crippen LogP contribution in [0.1, 0.15) is 37.1 Å². The maximum Gasteiger partial charge on any atom is 0.267 e. The van der Waals surface area contributed by atoms with Gasteiger partial charge in [0.2, 0.25) is 0 Å². The quantitative estimate of drug-likeness (QED) is 0.736. The van der Waals surface area contributed by atoms with E-state index in [1.807, 2.05) is 45.0 Å². The van der Waals surface area contributed by atoms with Crippen molar-refractivity contribution in [3.05, 3.63) is 75.0 Å². The molecule has 1 aromatic carbocycles. The summed E-state index contributed by atoms with van der Waals surface area (Å²) in [6.45, 7) is 5.94. The molecule has 3 aromatic rings. The van der Waals surface area contributed by atoms with E-state index in [4.69, 9.17) is 0 Å². The molecule has 1 amide bonds. The average Bonchev–Trinajstić information content (AvgIpc) is 2.94. The zero-order chi connectivity index (χ0) is 17.8. The summed E-state index contributed by atoms with van der Waals surface area (Å²) in [5, 5.41) is 3.98. The lowest BCUT2D eigenvalue weighted by atomic mass is 10.1. The molecule has 0 aliphatic heterocycles. The lowest BCUT2D eigenvalue weighted by Gasteiger charge is -2.06. The molecule has 2 aromatic heterocycles. The molecule has 0 saturated carbocycles.